The maximum Gasteiger partial charge on any atom is 0.193 e. The predicted molar refractivity (Wildman–Crippen MR) is 88.9 cm³/mol. The number of hydrogen-bond donors (Lipinski definition) is 1. The van der Waals surface area contributed by atoms with E-state index in [9.17, 15) is 0 Å². The third-order valence-corrected chi connectivity index (χ3v) is 4.07. The zero-order valence-electron chi connectivity index (χ0n) is 13.9. The molecule has 1 saturated heterocycles. The second kappa shape index (κ2) is 9.46. The van der Waals surface area contributed by atoms with Crippen LogP contribution in [0.3, 0.4) is 0 Å². The maximum atomic E-state index is 4.89. The highest BCUT2D eigenvalue weighted by molar-refractivity contribution is 5.79. The first kappa shape index (κ1) is 16.8. The molecule has 1 aliphatic heterocycles. The van der Waals surface area contributed by atoms with Gasteiger partial charge in [0.2, 0.25) is 0 Å². The minimum atomic E-state index is 0.868. The molecule has 1 aliphatic rings. The molecule has 0 saturated carbocycles. The highest BCUT2D eigenvalue weighted by Crippen LogP contribution is 2.07. The van der Waals surface area contributed by atoms with Crippen LogP contribution in [0, 0.1) is 0 Å². The van der Waals surface area contributed by atoms with Crippen molar-refractivity contribution in [2.45, 2.75) is 39.2 Å². The lowest BCUT2D eigenvalue weighted by molar-refractivity contribution is 0.169. The number of rotatable bonds is 7. The summed E-state index contributed by atoms with van der Waals surface area (Å²) in [4.78, 5) is 9.17. The van der Waals surface area contributed by atoms with Crippen LogP contribution < -0.4 is 5.32 Å². The topological polar surface area (TPSA) is 56.9 Å². The van der Waals surface area contributed by atoms with Crippen molar-refractivity contribution in [1.29, 1.82) is 0 Å². The third kappa shape index (κ3) is 5.33. The van der Waals surface area contributed by atoms with Crippen LogP contribution in [-0.4, -0.2) is 60.7 Å². The summed E-state index contributed by atoms with van der Waals surface area (Å²) in [6.07, 6.45) is 6.75. The third-order valence-electron chi connectivity index (χ3n) is 4.07. The molecule has 0 atom stereocenters. The number of hydrogen-bond acceptors (Lipinski definition) is 4. The van der Waals surface area contributed by atoms with E-state index in [0.29, 0.717) is 0 Å². The number of guanidine groups is 1. The van der Waals surface area contributed by atoms with Gasteiger partial charge in [-0.15, -0.1) is 0 Å². The summed E-state index contributed by atoms with van der Waals surface area (Å²) < 4.78 is 4.89. The molecule has 1 aromatic heterocycles. The quantitative estimate of drug-likeness (QED) is 0.474. The van der Waals surface area contributed by atoms with Crippen LogP contribution in [0.15, 0.2) is 21.8 Å². The van der Waals surface area contributed by atoms with Gasteiger partial charge in [-0.05, 0) is 6.42 Å². The molecule has 6 heteroatoms. The molecule has 22 heavy (non-hydrogen) atoms. The zero-order chi connectivity index (χ0) is 15.6. The van der Waals surface area contributed by atoms with Crippen molar-refractivity contribution >= 4 is 5.96 Å². The van der Waals surface area contributed by atoms with E-state index in [4.69, 9.17) is 4.52 Å². The van der Waals surface area contributed by atoms with Gasteiger partial charge in [0.25, 0.3) is 0 Å². The fourth-order valence-electron chi connectivity index (χ4n) is 2.75. The molecule has 1 N–H and O–H groups in total. The Labute approximate surface area is 133 Å². The minimum Gasteiger partial charge on any atom is -0.364 e. The Kier molecular flexibility index (Phi) is 7.22. The Morgan fingerprint density at radius 2 is 2.09 bits per heavy atom. The number of unbranched alkanes of at least 4 members (excludes halogenated alkanes) is 3. The summed E-state index contributed by atoms with van der Waals surface area (Å²) in [5.74, 6) is 1.04. The van der Waals surface area contributed by atoms with Crippen LogP contribution in [0.5, 0.6) is 0 Å². The Hall–Kier alpha value is -1.56. The predicted octanol–water partition coefficient (Wildman–Crippen LogP) is 1.95. The van der Waals surface area contributed by atoms with Gasteiger partial charge in [-0.25, -0.2) is 0 Å². The van der Waals surface area contributed by atoms with Gasteiger partial charge in [0.1, 0.15) is 6.26 Å². The van der Waals surface area contributed by atoms with Crippen molar-refractivity contribution in [2.75, 3.05) is 39.8 Å². The lowest BCUT2D eigenvalue weighted by Gasteiger charge is -2.36. The first-order valence-corrected chi connectivity index (χ1v) is 8.40. The Bertz CT molecular complexity index is 424. The standard InChI is InChI=1S/C16H29N5O/c1-3-4-5-6-8-18-16(17-2)21-11-9-20(10-12-21)14-15-7-13-22-19-15/h7,13H,3-6,8-12,14H2,1-2H3,(H,17,18). The van der Waals surface area contributed by atoms with E-state index < -0.39 is 0 Å². The van der Waals surface area contributed by atoms with Crippen molar-refractivity contribution in [3.63, 3.8) is 0 Å². The van der Waals surface area contributed by atoms with Crippen LogP contribution in [0.1, 0.15) is 38.3 Å². The molecule has 0 unspecified atom stereocenters. The van der Waals surface area contributed by atoms with E-state index >= 15 is 0 Å². The van der Waals surface area contributed by atoms with Crippen molar-refractivity contribution in [3.05, 3.63) is 18.0 Å². The van der Waals surface area contributed by atoms with E-state index in [0.717, 1.165) is 50.9 Å². The molecule has 124 valence electrons. The van der Waals surface area contributed by atoms with Gasteiger partial charge >= 0.3 is 0 Å². The van der Waals surface area contributed by atoms with Gasteiger partial charge < -0.3 is 14.7 Å². The van der Waals surface area contributed by atoms with Crippen molar-refractivity contribution in [2.24, 2.45) is 4.99 Å². The molecule has 0 amide bonds. The van der Waals surface area contributed by atoms with Crippen LogP contribution in [-0.2, 0) is 6.54 Å². The summed E-state index contributed by atoms with van der Waals surface area (Å²) in [6, 6.07) is 1.93. The molecular weight excluding hydrogens is 278 g/mol. The van der Waals surface area contributed by atoms with Crippen LogP contribution >= 0.6 is 0 Å². The van der Waals surface area contributed by atoms with Crippen LogP contribution in [0.25, 0.3) is 0 Å². The first-order chi connectivity index (χ1) is 10.8. The Balaban J connectivity index is 1.67. The second-order valence-electron chi connectivity index (χ2n) is 5.79. The van der Waals surface area contributed by atoms with Crippen molar-refractivity contribution in [1.82, 2.24) is 20.3 Å². The monoisotopic (exact) mass is 307 g/mol. The lowest BCUT2D eigenvalue weighted by Crippen LogP contribution is -2.52. The molecular formula is C16H29N5O. The number of piperazine rings is 1. The fourth-order valence-corrected chi connectivity index (χ4v) is 2.75. The average Bonchev–Trinajstić information content (AvgIpc) is 3.05. The molecule has 1 aromatic rings. The van der Waals surface area contributed by atoms with Gasteiger partial charge in [0.05, 0.1) is 5.69 Å². The SMILES string of the molecule is CCCCCCNC(=NC)N1CCN(Cc2ccon2)CC1. The Morgan fingerprint density at radius 1 is 1.27 bits per heavy atom. The van der Waals surface area contributed by atoms with Gasteiger partial charge in [0.15, 0.2) is 5.96 Å². The molecule has 0 spiro atoms. The van der Waals surface area contributed by atoms with Crippen LogP contribution in [0.4, 0.5) is 0 Å². The fraction of sp³-hybridized carbons (Fsp3) is 0.750. The lowest BCUT2D eigenvalue weighted by atomic mass is 10.2. The summed E-state index contributed by atoms with van der Waals surface area (Å²) in [6.45, 7) is 8.20. The maximum absolute atomic E-state index is 4.89. The average molecular weight is 307 g/mol. The van der Waals surface area contributed by atoms with E-state index in [2.05, 4.69) is 32.2 Å². The smallest absolute Gasteiger partial charge is 0.193 e. The highest BCUT2D eigenvalue weighted by atomic mass is 16.5. The molecule has 6 nitrogen and oxygen atoms in total. The normalized spacial score (nSPS) is 17.0. The van der Waals surface area contributed by atoms with Gasteiger partial charge in [-0.3, -0.25) is 9.89 Å². The number of aliphatic imine (C=N–C) groups is 1. The van der Waals surface area contributed by atoms with Gasteiger partial charge in [-0.1, -0.05) is 31.3 Å². The van der Waals surface area contributed by atoms with E-state index in [-0.39, 0.29) is 0 Å². The molecule has 0 bridgehead atoms. The summed E-state index contributed by atoms with van der Waals surface area (Å²) in [5.41, 5.74) is 1.01. The first-order valence-electron chi connectivity index (χ1n) is 8.40. The van der Waals surface area contributed by atoms with Crippen molar-refractivity contribution in [3.8, 4) is 0 Å². The van der Waals surface area contributed by atoms with E-state index in [1.165, 1.54) is 25.7 Å². The molecule has 0 aromatic carbocycles. The van der Waals surface area contributed by atoms with Crippen molar-refractivity contribution < 1.29 is 4.52 Å². The molecule has 1 fully saturated rings. The van der Waals surface area contributed by atoms with Crippen LogP contribution in [0.2, 0.25) is 0 Å². The minimum absolute atomic E-state index is 0.868. The molecule has 2 rings (SSSR count). The number of nitrogens with one attached hydrogen (secondary N) is 1. The van der Waals surface area contributed by atoms with E-state index in [1.807, 2.05) is 13.1 Å². The Morgan fingerprint density at radius 3 is 2.73 bits per heavy atom. The largest absolute Gasteiger partial charge is 0.364 e. The second-order valence-corrected chi connectivity index (χ2v) is 5.79. The van der Waals surface area contributed by atoms with Gasteiger partial charge in [0, 0.05) is 52.4 Å². The summed E-state index contributed by atoms with van der Waals surface area (Å²) >= 11 is 0. The number of aromatic nitrogens is 1. The number of nitrogens with zero attached hydrogens (tertiary/aromatic N) is 4. The summed E-state index contributed by atoms with van der Waals surface area (Å²) in [5, 5.41) is 7.47. The zero-order valence-corrected chi connectivity index (χ0v) is 13.9. The molecule has 2 heterocycles. The summed E-state index contributed by atoms with van der Waals surface area (Å²) in [7, 11) is 1.87. The highest BCUT2D eigenvalue weighted by Gasteiger charge is 2.19. The molecule has 0 aliphatic carbocycles. The van der Waals surface area contributed by atoms with Gasteiger partial charge in [-0.2, -0.15) is 0 Å². The molecule has 0 radical (unpaired) electrons. The van der Waals surface area contributed by atoms with E-state index in [1.54, 1.807) is 6.26 Å².